The lowest BCUT2D eigenvalue weighted by Gasteiger charge is -2.36. The molecule has 1 N–H and O–H groups in total. The summed E-state index contributed by atoms with van der Waals surface area (Å²) in [5, 5.41) is 10.5. The van der Waals surface area contributed by atoms with Crippen LogP contribution in [0.1, 0.15) is 65.2 Å². The first kappa shape index (κ1) is 13.3. The van der Waals surface area contributed by atoms with Gasteiger partial charge in [-0.2, -0.15) is 0 Å². The molecule has 2 aliphatic rings. The van der Waals surface area contributed by atoms with Crippen LogP contribution in [-0.4, -0.2) is 16.9 Å². The molecule has 2 saturated carbocycles. The molecule has 0 aromatic heterocycles. The minimum absolute atomic E-state index is 0.297. The van der Waals surface area contributed by atoms with E-state index < -0.39 is 11.8 Å². The fraction of sp³-hybridized carbons (Fsp3) is 1.00. The molecule has 3 atom stereocenters. The van der Waals surface area contributed by atoms with Crippen LogP contribution < -0.4 is 0 Å². The lowest BCUT2D eigenvalue weighted by Crippen LogP contribution is -2.34. The highest BCUT2D eigenvalue weighted by atomic mass is 19.1. The fourth-order valence-corrected chi connectivity index (χ4v) is 3.35. The van der Waals surface area contributed by atoms with Gasteiger partial charge in [0.2, 0.25) is 0 Å². The van der Waals surface area contributed by atoms with Gasteiger partial charge in [0.05, 0.1) is 5.60 Å². The maximum Gasteiger partial charge on any atom is 0.104 e. The number of halogens is 1. The summed E-state index contributed by atoms with van der Waals surface area (Å²) in [5.41, 5.74) is -0.430. The molecule has 2 heteroatoms. The number of rotatable bonds is 5. The van der Waals surface area contributed by atoms with E-state index in [1.807, 2.05) is 0 Å². The predicted octanol–water partition coefficient (Wildman–Crippen LogP) is 4.09. The van der Waals surface area contributed by atoms with Crippen molar-refractivity contribution in [2.24, 2.45) is 17.8 Å². The van der Waals surface area contributed by atoms with Crippen molar-refractivity contribution in [1.82, 2.24) is 0 Å². The van der Waals surface area contributed by atoms with Crippen LogP contribution in [0.4, 0.5) is 4.39 Å². The van der Waals surface area contributed by atoms with E-state index in [-0.39, 0.29) is 0 Å². The summed E-state index contributed by atoms with van der Waals surface area (Å²) in [6.07, 6.45) is 7.62. The standard InChI is InChI=1S/C15H27FO/c1-3-12-5-8-15(17,9-6-12)7-4-11(2)13-10-14(13)16/h11-14,17H,3-10H2,1-2H3. The lowest BCUT2D eigenvalue weighted by atomic mass is 9.75. The van der Waals surface area contributed by atoms with Crippen molar-refractivity contribution < 1.29 is 9.50 Å². The Morgan fingerprint density at radius 2 is 1.94 bits per heavy atom. The molecule has 0 aliphatic heterocycles. The Hall–Kier alpha value is -0.110. The summed E-state index contributed by atoms with van der Waals surface area (Å²) in [6, 6.07) is 0. The average Bonchev–Trinajstić information content (AvgIpc) is 3.05. The zero-order valence-corrected chi connectivity index (χ0v) is 11.3. The van der Waals surface area contributed by atoms with Crippen LogP contribution in [0.15, 0.2) is 0 Å². The van der Waals surface area contributed by atoms with Crippen LogP contribution in [-0.2, 0) is 0 Å². The van der Waals surface area contributed by atoms with Crippen LogP contribution in [0.25, 0.3) is 0 Å². The highest BCUT2D eigenvalue weighted by Gasteiger charge is 2.42. The first-order valence-corrected chi connectivity index (χ1v) is 7.40. The molecule has 100 valence electrons. The molecular weight excluding hydrogens is 215 g/mol. The summed E-state index contributed by atoms with van der Waals surface area (Å²) < 4.78 is 12.9. The van der Waals surface area contributed by atoms with E-state index in [9.17, 15) is 9.50 Å². The van der Waals surface area contributed by atoms with Crippen LogP contribution in [0.2, 0.25) is 0 Å². The van der Waals surface area contributed by atoms with Crippen molar-refractivity contribution in [2.75, 3.05) is 0 Å². The first-order chi connectivity index (χ1) is 8.04. The second-order valence-corrected chi connectivity index (χ2v) is 6.51. The smallest absolute Gasteiger partial charge is 0.104 e. The van der Waals surface area contributed by atoms with E-state index >= 15 is 0 Å². The van der Waals surface area contributed by atoms with Gasteiger partial charge in [0.1, 0.15) is 6.17 Å². The highest BCUT2D eigenvalue weighted by molar-refractivity contribution is 4.92. The number of aliphatic hydroxyl groups is 1. The van der Waals surface area contributed by atoms with Crippen molar-refractivity contribution in [1.29, 1.82) is 0 Å². The molecule has 2 aliphatic carbocycles. The van der Waals surface area contributed by atoms with Gasteiger partial charge in [0.15, 0.2) is 0 Å². The van der Waals surface area contributed by atoms with Crippen LogP contribution in [0, 0.1) is 17.8 Å². The summed E-state index contributed by atoms with van der Waals surface area (Å²) in [6.45, 7) is 4.39. The van der Waals surface area contributed by atoms with Gasteiger partial charge >= 0.3 is 0 Å². The van der Waals surface area contributed by atoms with Crippen molar-refractivity contribution in [3.63, 3.8) is 0 Å². The highest BCUT2D eigenvalue weighted by Crippen LogP contribution is 2.44. The third-order valence-corrected chi connectivity index (χ3v) is 5.17. The van der Waals surface area contributed by atoms with Crippen molar-refractivity contribution in [3.05, 3.63) is 0 Å². The third-order valence-electron chi connectivity index (χ3n) is 5.17. The minimum atomic E-state index is -0.546. The van der Waals surface area contributed by atoms with Crippen molar-refractivity contribution in [3.8, 4) is 0 Å². The molecule has 2 rings (SSSR count). The minimum Gasteiger partial charge on any atom is -0.390 e. The summed E-state index contributed by atoms with van der Waals surface area (Å²) in [5.74, 6) is 1.58. The van der Waals surface area contributed by atoms with Gasteiger partial charge in [-0.05, 0) is 62.7 Å². The van der Waals surface area contributed by atoms with Crippen molar-refractivity contribution in [2.45, 2.75) is 77.0 Å². The Morgan fingerprint density at radius 3 is 2.41 bits per heavy atom. The van der Waals surface area contributed by atoms with Gasteiger partial charge in [-0.1, -0.05) is 20.3 Å². The predicted molar refractivity (Wildman–Crippen MR) is 68.6 cm³/mol. The van der Waals surface area contributed by atoms with Gasteiger partial charge in [-0.3, -0.25) is 0 Å². The SMILES string of the molecule is CCC1CCC(O)(CCC(C)C2CC2F)CC1. The molecule has 0 heterocycles. The molecule has 0 radical (unpaired) electrons. The number of hydrogen-bond acceptors (Lipinski definition) is 1. The number of hydrogen-bond donors (Lipinski definition) is 1. The molecular formula is C15H27FO. The Balaban J connectivity index is 1.71. The zero-order valence-electron chi connectivity index (χ0n) is 11.3. The first-order valence-electron chi connectivity index (χ1n) is 7.40. The summed E-state index contributed by atoms with van der Waals surface area (Å²) in [7, 11) is 0. The Morgan fingerprint density at radius 1 is 1.35 bits per heavy atom. The quantitative estimate of drug-likeness (QED) is 0.769. The van der Waals surface area contributed by atoms with E-state index in [4.69, 9.17) is 0 Å². The van der Waals surface area contributed by atoms with Gasteiger partial charge in [0.25, 0.3) is 0 Å². The van der Waals surface area contributed by atoms with Crippen molar-refractivity contribution >= 4 is 0 Å². The maximum atomic E-state index is 12.9. The molecule has 0 saturated heterocycles. The summed E-state index contributed by atoms with van der Waals surface area (Å²) >= 11 is 0. The van der Waals surface area contributed by atoms with E-state index in [1.54, 1.807) is 0 Å². The van der Waals surface area contributed by atoms with Gasteiger partial charge in [-0.25, -0.2) is 4.39 Å². The van der Waals surface area contributed by atoms with Crippen LogP contribution in [0.5, 0.6) is 0 Å². The Bertz CT molecular complexity index is 245. The maximum absolute atomic E-state index is 12.9. The average molecular weight is 242 g/mol. The molecule has 0 aromatic carbocycles. The molecule has 0 bridgehead atoms. The second-order valence-electron chi connectivity index (χ2n) is 6.51. The molecule has 0 spiro atoms. The topological polar surface area (TPSA) is 20.2 Å². The third kappa shape index (κ3) is 3.43. The zero-order chi connectivity index (χ0) is 12.5. The molecule has 0 amide bonds. The van der Waals surface area contributed by atoms with Gasteiger partial charge < -0.3 is 5.11 Å². The van der Waals surface area contributed by atoms with E-state index in [2.05, 4.69) is 13.8 Å². The Kier molecular flexibility index (Phi) is 4.12. The van der Waals surface area contributed by atoms with Gasteiger partial charge in [-0.15, -0.1) is 0 Å². The largest absolute Gasteiger partial charge is 0.390 e. The monoisotopic (exact) mass is 242 g/mol. The van der Waals surface area contributed by atoms with E-state index in [1.165, 1.54) is 19.3 Å². The molecule has 2 fully saturated rings. The molecule has 1 nitrogen and oxygen atoms in total. The summed E-state index contributed by atoms with van der Waals surface area (Å²) in [4.78, 5) is 0. The normalized spacial score (nSPS) is 43.4. The van der Waals surface area contributed by atoms with E-state index in [0.717, 1.165) is 38.0 Å². The Labute approximate surface area is 105 Å². The van der Waals surface area contributed by atoms with E-state index in [0.29, 0.717) is 11.8 Å². The van der Waals surface area contributed by atoms with Gasteiger partial charge in [0, 0.05) is 0 Å². The number of alkyl halides is 1. The van der Waals surface area contributed by atoms with Crippen LogP contribution >= 0.6 is 0 Å². The second kappa shape index (κ2) is 5.26. The fourth-order valence-electron chi connectivity index (χ4n) is 3.35. The molecule has 3 unspecified atom stereocenters. The molecule has 17 heavy (non-hydrogen) atoms. The molecule has 0 aromatic rings. The lowest BCUT2D eigenvalue weighted by molar-refractivity contribution is -0.0218. The van der Waals surface area contributed by atoms with Crippen LogP contribution in [0.3, 0.4) is 0 Å².